The van der Waals surface area contributed by atoms with Crippen molar-refractivity contribution in [1.29, 1.82) is 0 Å². The van der Waals surface area contributed by atoms with Crippen LogP contribution in [0.5, 0.6) is 6.01 Å². The number of fused-ring (bicyclic) bond motifs is 2. The van der Waals surface area contributed by atoms with E-state index in [1.165, 1.54) is 12.2 Å². The number of halogens is 2. The second-order valence-corrected chi connectivity index (χ2v) is 8.89. The Morgan fingerprint density at radius 2 is 1.89 bits per heavy atom. The first kappa shape index (κ1) is 24.9. The number of rotatable bonds is 6. The molecule has 1 aliphatic heterocycles. The predicted molar refractivity (Wildman–Crippen MR) is 143 cm³/mol. The van der Waals surface area contributed by atoms with Gasteiger partial charge in [-0.25, -0.2) is 8.78 Å². The Kier molecular flexibility index (Phi) is 7.18. The Hall–Kier alpha value is -3.79. The molecule has 0 unspecified atom stereocenters. The largest absolute Gasteiger partial charge is 0.453 e. The molecule has 5 rings (SSSR count). The average molecular weight is 522 g/mol. The van der Waals surface area contributed by atoms with Gasteiger partial charge in [0, 0.05) is 44.0 Å². The van der Waals surface area contributed by atoms with E-state index in [1.54, 1.807) is 11.1 Å². The number of carbonyl (C=O) groups is 1. The highest BCUT2D eigenvalue weighted by molar-refractivity contribution is 7.80. The van der Waals surface area contributed by atoms with E-state index in [1.807, 2.05) is 48.2 Å². The molecule has 0 aliphatic carbocycles. The molecule has 37 heavy (non-hydrogen) atoms. The van der Waals surface area contributed by atoms with Crippen LogP contribution in [-0.4, -0.2) is 64.6 Å². The first-order valence-corrected chi connectivity index (χ1v) is 12.5. The molecular weight excluding hydrogens is 496 g/mol. The molecule has 0 spiro atoms. The normalized spacial score (nSPS) is 14.2. The van der Waals surface area contributed by atoms with E-state index in [0.29, 0.717) is 42.9 Å². The summed E-state index contributed by atoms with van der Waals surface area (Å²) >= 11 is 4.11. The van der Waals surface area contributed by atoms with Crippen LogP contribution in [0.15, 0.2) is 54.7 Å². The second kappa shape index (κ2) is 10.7. The van der Waals surface area contributed by atoms with Gasteiger partial charge in [-0.1, -0.05) is 36.4 Å². The molecule has 3 heterocycles. The summed E-state index contributed by atoms with van der Waals surface area (Å²) in [7, 11) is 0. The van der Waals surface area contributed by atoms with Gasteiger partial charge in [-0.2, -0.15) is 9.97 Å². The standard InChI is InChI=1S/C27H25F2N5O2S/c1-17-5-2-6-18-7-3-8-19(22(17)18)24-23(29)25-20(15-30-24)26(32-27(31-25)36-16-37)34-13-11-33(12-14-34)21(35)9-4-10-28/h2-9,15,37H,10-14,16H2,1H3/b9-4+. The van der Waals surface area contributed by atoms with Crippen LogP contribution in [0.25, 0.3) is 32.9 Å². The number of aryl methyl sites for hydroxylation is 1. The lowest BCUT2D eigenvalue weighted by atomic mass is 9.97. The molecular formula is C27H25F2N5O2S. The van der Waals surface area contributed by atoms with Crippen molar-refractivity contribution in [3.05, 3.63) is 66.1 Å². The maximum absolute atomic E-state index is 16.1. The zero-order chi connectivity index (χ0) is 25.9. The molecule has 1 saturated heterocycles. The summed E-state index contributed by atoms with van der Waals surface area (Å²) in [6, 6.07) is 11.7. The molecule has 7 nitrogen and oxygen atoms in total. The summed E-state index contributed by atoms with van der Waals surface area (Å²) in [6.45, 7) is 3.02. The Balaban J connectivity index is 1.57. The number of hydrogen-bond acceptors (Lipinski definition) is 7. The number of pyridine rings is 1. The SMILES string of the molecule is Cc1cccc2cccc(-c3ncc4c(N5CCN(C(=O)/C=C/CF)CC5)nc(OCS)nc4c3F)c12. The lowest BCUT2D eigenvalue weighted by Crippen LogP contribution is -2.48. The van der Waals surface area contributed by atoms with Crippen molar-refractivity contribution in [1.82, 2.24) is 19.9 Å². The Labute approximate surface area is 218 Å². The van der Waals surface area contributed by atoms with Crippen LogP contribution in [-0.2, 0) is 4.79 Å². The Bertz CT molecular complexity index is 1500. The molecule has 1 aliphatic rings. The average Bonchev–Trinajstić information content (AvgIpc) is 2.92. The van der Waals surface area contributed by atoms with E-state index in [9.17, 15) is 9.18 Å². The van der Waals surface area contributed by atoms with E-state index in [2.05, 4.69) is 27.6 Å². The minimum absolute atomic E-state index is 0.00651. The minimum Gasteiger partial charge on any atom is -0.453 e. The number of aromatic nitrogens is 3. The number of piperazine rings is 1. The van der Waals surface area contributed by atoms with Crippen molar-refractivity contribution in [2.75, 3.05) is 43.7 Å². The molecule has 0 atom stereocenters. The van der Waals surface area contributed by atoms with Gasteiger partial charge in [-0.3, -0.25) is 9.78 Å². The van der Waals surface area contributed by atoms with Crippen LogP contribution < -0.4 is 9.64 Å². The fraction of sp³-hybridized carbons (Fsp3) is 0.259. The number of benzene rings is 2. The van der Waals surface area contributed by atoms with Crippen LogP contribution in [0.2, 0.25) is 0 Å². The predicted octanol–water partition coefficient (Wildman–Crippen LogP) is 4.73. The number of thiol groups is 1. The van der Waals surface area contributed by atoms with E-state index in [4.69, 9.17) is 4.74 Å². The highest BCUT2D eigenvalue weighted by Gasteiger charge is 2.25. The van der Waals surface area contributed by atoms with E-state index in [-0.39, 0.29) is 29.1 Å². The summed E-state index contributed by atoms with van der Waals surface area (Å²) in [5.74, 6) is -0.311. The molecule has 10 heteroatoms. The number of alkyl halides is 1. The molecule has 0 saturated carbocycles. The summed E-state index contributed by atoms with van der Waals surface area (Å²) in [6.07, 6.45) is 4.02. The number of allylic oxidation sites excluding steroid dienone is 1. The smallest absolute Gasteiger partial charge is 0.319 e. The van der Waals surface area contributed by atoms with Crippen molar-refractivity contribution in [3.8, 4) is 17.3 Å². The number of anilines is 1. The molecule has 1 amide bonds. The Morgan fingerprint density at radius 3 is 2.62 bits per heavy atom. The van der Waals surface area contributed by atoms with Gasteiger partial charge in [0.2, 0.25) is 5.91 Å². The lowest BCUT2D eigenvalue weighted by Gasteiger charge is -2.35. The summed E-state index contributed by atoms with van der Waals surface area (Å²) in [4.78, 5) is 29.2. The van der Waals surface area contributed by atoms with Crippen LogP contribution >= 0.6 is 12.6 Å². The van der Waals surface area contributed by atoms with E-state index in [0.717, 1.165) is 16.3 Å². The van der Waals surface area contributed by atoms with Crippen molar-refractivity contribution < 1.29 is 18.3 Å². The third-order valence-electron chi connectivity index (χ3n) is 6.45. The van der Waals surface area contributed by atoms with Crippen LogP contribution in [0.4, 0.5) is 14.6 Å². The van der Waals surface area contributed by atoms with Gasteiger partial charge >= 0.3 is 6.01 Å². The first-order chi connectivity index (χ1) is 18.0. The number of carbonyl (C=O) groups excluding carboxylic acids is 1. The summed E-state index contributed by atoms with van der Waals surface area (Å²) < 4.78 is 34.0. The van der Waals surface area contributed by atoms with Crippen LogP contribution in [0.1, 0.15) is 5.56 Å². The van der Waals surface area contributed by atoms with Gasteiger partial charge in [-0.05, 0) is 29.3 Å². The van der Waals surface area contributed by atoms with Crippen molar-refractivity contribution >= 4 is 46.0 Å². The number of nitrogens with zero attached hydrogens (tertiary/aromatic N) is 5. The summed E-state index contributed by atoms with van der Waals surface area (Å²) in [5.41, 5.74) is 2.00. The Morgan fingerprint density at radius 1 is 1.14 bits per heavy atom. The minimum atomic E-state index is -0.689. The van der Waals surface area contributed by atoms with Crippen molar-refractivity contribution in [3.63, 3.8) is 0 Å². The highest BCUT2D eigenvalue weighted by Crippen LogP contribution is 2.36. The molecule has 2 aromatic carbocycles. The van der Waals surface area contributed by atoms with Gasteiger partial charge in [0.05, 0.1) is 5.39 Å². The quantitative estimate of drug-likeness (QED) is 0.225. The zero-order valence-corrected chi connectivity index (χ0v) is 21.1. The molecule has 0 bridgehead atoms. The lowest BCUT2D eigenvalue weighted by molar-refractivity contribution is -0.126. The molecule has 4 aromatic rings. The molecule has 0 radical (unpaired) electrons. The monoisotopic (exact) mass is 521 g/mol. The van der Waals surface area contributed by atoms with Gasteiger partial charge in [0.25, 0.3) is 0 Å². The van der Waals surface area contributed by atoms with Gasteiger partial charge in [0.1, 0.15) is 29.6 Å². The first-order valence-electron chi connectivity index (χ1n) is 11.9. The van der Waals surface area contributed by atoms with Crippen LogP contribution in [0.3, 0.4) is 0 Å². The topological polar surface area (TPSA) is 71.5 Å². The summed E-state index contributed by atoms with van der Waals surface area (Å²) in [5, 5.41) is 2.37. The molecule has 1 fully saturated rings. The van der Waals surface area contributed by atoms with E-state index < -0.39 is 12.5 Å². The zero-order valence-electron chi connectivity index (χ0n) is 20.2. The molecule has 2 aromatic heterocycles. The number of hydrogen-bond donors (Lipinski definition) is 1. The van der Waals surface area contributed by atoms with Crippen molar-refractivity contribution in [2.45, 2.75) is 6.92 Å². The van der Waals surface area contributed by atoms with Crippen LogP contribution in [0, 0.1) is 12.7 Å². The van der Waals surface area contributed by atoms with Crippen molar-refractivity contribution in [2.24, 2.45) is 0 Å². The number of ether oxygens (including phenoxy) is 1. The highest BCUT2D eigenvalue weighted by atomic mass is 32.1. The van der Waals surface area contributed by atoms with E-state index >= 15 is 4.39 Å². The van der Waals surface area contributed by atoms with Gasteiger partial charge in [-0.15, -0.1) is 12.6 Å². The maximum atomic E-state index is 16.1. The fourth-order valence-electron chi connectivity index (χ4n) is 4.69. The second-order valence-electron chi connectivity index (χ2n) is 8.63. The number of amides is 1. The fourth-order valence-corrected chi connectivity index (χ4v) is 4.80. The third-order valence-corrected chi connectivity index (χ3v) is 6.57. The molecule has 190 valence electrons. The van der Waals surface area contributed by atoms with Gasteiger partial charge in [0.15, 0.2) is 5.82 Å². The van der Waals surface area contributed by atoms with Gasteiger partial charge < -0.3 is 14.5 Å². The third kappa shape index (κ3) is 4.81. The molecule has 0 N–H and O–H groups in total. The maximum Gasteiger partial charge on any atom is 0.319 e.